The minimum atomic E-state index is -0.804. The lowest BCUT2D eigenvalue weighted by Crippen LogP contribution is -2.37. The van der Waals surface area contributed by atoms with Gasteiger partial charge in [0.15, 0.2) is 0 Å². The van der Waals surface area contributed by atoms with Crippen molar-refractivity contribution in [2.75, 3.05) is 0 Å². The Morgan fingerprint density at radius 3 is 2.50 bits per heavy atom. The lowest BCUT2D eigenvalue weighted by atomic mass is 9.74. The average molecular weight is 260 g/mol. The quantitative estimate of drug-likeness (QED) is 0.889. The molecule has 18 heavy (non-hydrogen) atoms. The van der Waals surface area contributed by atoms with Gasteiger partial charge in [-0.3, -0.25) is 4.79 Å². The van der Waals surface area contributed by atoms with Crippen LogP contribution in [0.25, 0.3) is 0 Å². The van der Waals surface area contributed by atoms with Crippen LogP contribution in [0, 0.1) is 0 Å². The molecule has 1 aromatic heterocycles. The summed E-state index contributed by atoms with van der Waals surface area (Å²) in [7, 11) is 0. The first-order chi connectivity index (χ1) is 8.69. The van der Waals surface area contributed by atoms with Crippen molar-refractivity contribution in [1.82, 2.24) is 0 Å². The van der Waals surface area contributed by atoms with Crippen LogP contribution in [0.3, 0.4) is 0 Å². The molecular weight excluding hydrogens is 244 g/mol. The SMILES string of the molecule is CCC(Cc1ccccc1)(C(=O)O)c1ccsc1. The number of aliphatic carboxylic acids is 1. The van der Waals surface area contributed by atoms with Crippen molar-refractivity contribution in [2.24, 2.45) is 0 Å². The van der Waals surface area contributed by atoms with Crippen molar-refractivity contribution in [1.29, 1.82) is 0 Å². The van der Waals surface area contributed by atoms with E-state index in [2.05, 4.69) is 0 Å². The Balaban J connectivity index is 2.40. The zero-order valence-corrected chi connectivity index (χ0v) is 11.1. The molecule has 1 atom stereocenters. The molecule has 3 heteroatoms. The maximum Gasteiger partial charge on any atom is 0.314 e. The second-order valence-electron chi connectivity index (χ2n) is 4.42. The van der Waals surface area contributed by atoms with E-state index >= 15 is 0 Å². The molecular formula is C15H16O2S. The Labute approximate surface area is 111 Å². The molecule has 2 aromatic rings. The van der Waals surface area contributed by atoms with Gasteiger partial charge < -0.3 is 5.11 Å². The Morgan fingerprint density at radius 1 is 1.28 bits per heavy atom. The third kappa shape index (κ3) is 2.31. The summed E-state index contributed by atoms with van der Waals surface area (Å²) in [4.78, 5) is 11.8. The van der Waals surface area contributed by atoms with E-state index in [9.17, 15) is 9.90 Å². The highest BCUT2D eigenvalue weighted by molar-refractivity contribution is 7.08. The molecule has 0 bridgehead atoms. The van der Waals surface area contributed by atoms with Gasteiger partial charge in [0.25, 0.3) is 0 Å². The van der Waals surface area contributed by atoms with Crippen LogP contribution in [0.5, 0.6) is 0 Å². The second kappa shape index (κ2) is 5.36. The molecule has 1 heterocycles. The molecule has 0 amide bonds. The molecule has 0 aliphatic carbocycles. The number of hydrogen-bond donors (Lipinski definition) is 1. The molecule has 2 rings (SSSR count). The monoisotopic (exact) mass is 260 g/mol. The molecule has 0 saturated carbocycles. The van der Waals surface area contributed by atoms with Crippen molar-refractivity contribution in [3.05, 3.63) is 58.3 Å². The fourth-order valence-electron chi connectivity index (χ4n) is 2.26. The van der Waals surface area contributed by atoms with Crippen LogP contribution in [0.15, 0.2) is 47.2 Å². The van der Waals surface area contributed by atoms with Crippen molar-refractivity contribution in [3.8, 4) is 0 Å². The summed E-state index contributed by atoms with van der Waals surface area (Å²) in [6.07, 6.45) is 1.13. The Morgan fingerprint density at radius 2 is 2.00 bits per heavy atom. The van der Waals surface area contributed by atoms with E-state index in [1.807, 2.05) is 54.1 Å². The van der Waals surface area contributed by atoms with Crippen LogP contribution in [0.4, 0.5) is 0 Å². The first kappa shape index (κ1) is 12.8. The van der Waals surface area contributed by atoms with E-state index in [4.69, 9.17) is 0 Å². The summed E-state index contributed by atoms with van der Waals surface area (Å²) < 4.78 is 0. The molecule has 0 saturated heterocycles. The number of benzene rings is 1. The smallest absolute Gasteiger partial charge is 0.314 e. The van der Waals surface area contributed by atoms with Crippen molar-refractivity contribution in [3.63, 3.8) is 0 Å². The minimum absolute atomic E-state index is 0.538. The zero-order valence-electron chi connectivity index (χ0n) is 10.3. The lowest BCUT2D eigenvalue weighted by Gasteiger charge is -2.27. The topological polar surface area (TPSA) is 37.3 Å². The van der Waals surface area contributed by atoms with Gasteiger partial charge in [0.2, 0.25) is 0 Å². The van der Waals surface area contributed by atoms with Crippen molar-refractivity contribution >= 4 is 17.3 Å². The molecule has 94 valence electrons. The van der Waals surface area contributed by atoms with E-state index < -0.39 is 11.4 Å². The van der Waals surface area contributed by atoms with E-state index in [1.54, 1.807) is 11.3 Å². The zero-order chi connectivity index (χ0) is 13.0. The van der Waals surface area contributed by atoms with Crippen LogP contribution >= 0.6 is 11.3 Å². The van der Waals surface area contributed by atoms with Gasteiger partial charge in [-0.15, -0.1) is 0 Å². The number of carboxylic acid groups (broad SMARTS) is 1. The predicted molar refractivity (Wildman–Crippen MR) is 74.1 cm³/mol. The van der Waals surface area contributed by atoms with Crippen LogP contribution in [-0.2, 0) is 16.6 Å². The summed E-state index contributed by atoms with van der Waals surface area (Å²) >= 11 is 1.55. The van der Waals surface area contributed by atoms with Crippen molar-refractivity contribution < 1.29 is 9.90 Å². The number of thiophene rings is 1. The van der Waals surface area contributed by atoms with Gasteiger partial charge in [-0.05, 0) is 40.8 Å². The molecule has 0 spiro atoms. The predicted octanol–water partition coefficient (Wildman–Crippen LogP) is 3.72. The highest BCUT2D eigenvalue weighted by atomic mass is 32.1. The molecule has 1 aromatic carbocycles. The Hall–Kier alpha value is -1.61. The van der Waals surface area contributed by atoms with Crippen LogP contribution in [-0.4, -0.2) is 11.1 Å². The summed E-state index contributed by atoms with van der Waals surface area (Å²) in [5, 5.41) is 13.5. The minimum Gasteiger partial charge on any atom is -0.481 e. The van der Waals surface area contributed by atoms with E-state index in [1.165, 1.54) is 0 Å². The van der Waals surface area contributed by atoms with E-state index in [-0.39, 0.29) is 0 Å². The number of carbonyl (C=O) groups is 1. The summed E-state index contributed by atoms with van der Waals surface area (Å²) in [5.74, 6) is -0.743. The molecule has 0 aliphatic rings. The maximum absolute atomic E-state index is 11.8. The van der Waals surface area contributed by atoms with Crippen molar-refractivity contribution in [2.45, 2.75) is 25.2 Å². The van der Waals surface area contributed by atoms with Gasteiger partial charge in [0.1, 0.15) is 0 Å². The van der Waals surface area contributed by atoms with Gasteiger partial charge in [0, 0.05) is 0 Å². The molecule has 0 radical (unpaired) electrons. The van der Waals surface area contributed by atoms with Crippen LogP contribution in [0.1, 0.15) is 24.5 Å². The normalized spacial score (nSPS) is 14.1. The van der Waals surface area contributed by atoms with Gasteiger partial charge in [-0.2, -0.15) is 11.3 Å². The van der Waals surface area contributed by atoms with E-state index in [0.29, 0.717) is 12.8 Å². The highest BCUT2D eigenvalue weighted by Gasteiger charge is 2.39. The number of carboxylic acids is 1. The Kier molecular flexibility index (Phi) is 3.82. The number of hydrogen-bond acceptors (Lipinski definition) is 2. The van der Waals surface area contributed by atoms with Gasteiger partial charge in [-0.25, -0.2) is 0 Å². The third-order valence-corrected chi connectivity index (χ3v) is 4.12. The summed E-state index contributed by atoms with van der Waals surface area (Å²) in [6, 6.07) is 11.7. The first-order valence-corrected chi connectivity index (χ1v) is 6.93. The maximum atomic E-state index is 11.8. The standard InChI is InChI=1S/C15H16O2S/c1-2-15(14(16)17,13-8-9-18-11-13)10-12-6-4-3-5-7-12/h3-9,11H,2,10H2,1H3,(H,16,17). The van der Waals surface area contributed by atoms with Crippen LogP contribution < -0.4 is 0 Å². The van der Waals surface area contributed by atoms with Gasteiger partial charge >= 0.3 is 5.97 Å². The molecule has 1 N–H and O–H groups in total. The van der Waals surface area contributed by atoms with Gasteiger partial charge in [-0.1, -0.05) is 37.3 Å². The summed E-state index contributed by atoms with van der Waals surface area (Å²) in [6.45, 7) is 1.94. The lowest BCUT2D eigenvalue weighted by molar-refractivity contribution is -0.144. The fourth-order valence-corrected chi connectivity index (χ4v) is 3.02. The highest BCUT2D eigenvalue weighted by Crippen LogP contribution is 2.33. The molecule has 0 aliphatic heterocycles. The average Bonchev–Trinajstić information content (AvgIpc) is 2.91. The Bertz CT molecular complexity index is 505. The first-order valence-electron chi connectivity index (χ1n) is 5.99. The van der Waals surface area contributed by atoms with E-state index in [0.717, 1.165) is 11.1 Å². The van der Waals surface area contributed by atoms with Crippen LogP contribution in [0.2, 0.25) is 0 Å². The molecule has 0 fully saturated rings. The molecule has 1 unspecified atom stereocenters. The van der Waals surface area contributed by atoms with Gasteiger partial charge in [0.05, 0.1) is 5.41 Å². The number of rotatable bonds is 5. The fraction of sp³-hybridized carbons (Fsp3) is 0.267. The molecule has 2 nitrogen and oxygen atoms in total. The second-order valence-corrected chi connectivity index (χ2v) is 5.20. The third-order valence-electron chi connectivity index (χ3n) is 3.44. The largest absolute Gasteiger partial charge is 0.481 e. The summed E-state index contributed by atoms with van der Waals surface area (Å²) in [5.41, 5.74) is 1.17.